The van der Waals surface area contributed by atoms with Crippen LogP contribution in [0.4, 0.5) is 0 Å². The van der Waals surface area contributed by atoms with E-state index in [2.05, 4.69) is 46.9 Å². The second-order valence-electron chi connectivity index (χ2n) is 4.51. The van der Waals surface area contributed by atoms with E-state index in [9.17, 15) is 0 Å². The highest BCUT2D eigenvalue weighted by Gasteiger charge is 2.09. The van der Waals surface area contributed by atoms with Gasteiger partial charge in [0.25, 0.3) is 0 Å². The number of methoxy groups -OCH3 is 1. The fourth-order valence-corrected chi connectivity index (χ4v) is 2.83. The first-order valence-corrected chi connectivity index (χ1v) is 7.41. The zero-order valence-electron chi connectivity index (χ0n) is 11.0. The zero-order chi connectivity index (χ0) is 13.7. The van der Waals surface area contributed by atoms with Crippen molar-refractivity contribution >= 4 is 22.6 Å². The first-order valence-electron chi connectivity index (χ1n) is 6.33. The minimum atomic E-state index is 0.0928. The summed E-state index contributed by atoms with van der Waals surface area (Å²) in [6.45, 7) is 0. The maximum atomic E-state index is 6.27. The van der Waals surface area contributed by atoms with Gasteiger partial charge >= 0.3 is 0 Å². The third-order valence-corrected chi connectivity index (χ3v) is 4.19. The molecule has 19 heavy (non-hydrogen) atoms. The Bertz CT molecular complexity index is 525. The van der Waals surface area contributed by atoms with Crippen LogP contribution in [0.1, 0.15) is 23.6 Å². The van der Waals surface area contributed by atoms with Gasteiger partial charge in [-0.15, -0.1) is 0 Å². The van der Waals surface area contributed by atoms with Crippen LogP contribution < -0.4 is 10.5 Å². The third kappa shape index (κ3) is 3.94. The number of ether oxygens (including phenoxy) is 1. The maximum absolute atomic E-state index is 6.27. The van der Waals surface area contributed by atoms with Crippen LogP contribution in [0.2, 0.25) is 0 Å². The second kappa shape index (κ2) is 6.91. The van der Waals surface area contributed by atoms with Crippen molar-refractivity contribution in [2.24, 2.45) is 5.73 Å². The minimum Gasteiger partial charge on any atom is -0.497 e. The van der Waals surface area contributed by atoms with Crippen molar-refractivity contribution < 1.29 is 4.74 Å². The molecule has 0 heterocycles. The normalized spacial score (nSPS) is 12.2. The third-order valence-electron chi connectivity index (χ3n) is 3.21. The monoisotopic (exact) mass is 367 g/mol. The van der Waals surface area contributed by atoms with Gasteiger partial charge in [0.1, 0.15) is 5.75 Å². The molecule has 0 aliphatic carbocycles. The van der Waals surface area contributed by atoms with E-state index in [0.717, 1.165) is 18.6 Å². The second-order valence-corrected chi connectivity index (χ2v) is 5.68. The van der Waals surface area contributed by atoms with Gasteiger partial charge in [-0.3, -0.25) is 0 Å². The van der Waals surface area contributed by atoms with E-state index in [1.165, 1.54) is 14.7 Å². The van der Waals surface area contributed by atoms with Gasteiger partial charge in [-0.25, -0.2) is 0 Å². The molecule has 0 bridgehead atoms. The van der Waals surface area contributed by atoms with Crippen molar-refractivity contribution in [2.75, 3.05) is 7.11 Å². The summed E-state index contributed by atoms with van der Waals surface area (Å²) in [4.78, 5) is 0. The van der Waals surface area contributed by atoms with Gasteiger partial charge in [0.15, 0.2) is 0 Å². The van der Waals surface area contributed by atoms with Gasteiger partial charge in [0.05, 0.1) is 7.11 Å². The lowest BCUT2D eigenvalue weighted by molar-refractivity contribution is 0.414. The molecule has 0 amide bonds. The molecule has 2 aromatic rings. The summed E-state index contributed by atoms with van der Waals surface area (Å²) in [6.07, 6.45) is 1.93. The van der Waals surface area contributed by atoms with Crippen LogP contribution in [0.3, 0.4) is 0 Å². The number of halogens is 1. The molecule has 2 N–H and O–H groups in total. The topological polar surface area (TPSA) is 35.2 Å². The van der Waals surface area contributed by atoms with E-state index in [1.807, 2.05) is 24.3 Å². The average Bonchev–Trinajstić information content (AvgIpc) is 2.46. The molecule has 2 nitrogen and oxygen atoms in total. The summed E-state index contributed by atoms with van der Waals surface area (Å²) in [6, 6.07) is 16.6. The van der Waals surface area contributed by atoms with Crippen molar-refractivity contribution in [3.63, 3.8) is 0 Å². The molecule has 0 aromatic heterocycles. The summed E-state index contributed by atoms with van der Waals surface area (Å²) in [5.74, 6) is 0.894. The van der Waals surface area contributed by atoms with Crippen LogP contribution in [0.5, 0.6) is 5.75 Å². The number of hydrogen-bond acceptors (Lipinski definition) is 2. The zero-order valence-corrected chi connectivity index (χ0v) is 13.1. The molecule has 100 valence electrons. The fraction of sp³-hybridized carbons (Fsp3) is 0.250. The maximum Gasteiger partial charge on any atom is 0.118 e. The van der Waals surface area contributed by atoms with E-state index in [-0.39, 0.29) is 6.04 Å². The lowest BCUT2D eigenvalue weighted by atomic mass is 10.00. The molecule has 3 heteroatoms. The molecule has 1 unspecified atom stereocenters. The fourth-order valence-electron chi connectivity index (χ4n) is 2.05. The summed E-state index contributed by atoms with van der Waals surface area (Å²) in [7, 11) is 1.68. The average molecular weight is 367 g/mol. The van der Waals surface area contributed by atoms with Gasteiger partial charge in [-0.2, -0.15) is 0 Å². The highest BCUT2D eigenvalue weighted by atomic mass is 127. The Morgan fingerprint density at radius 2 is 1.79 bits per heavy atom. The molecule has 2 rings (SSSR count). The van der Waals surface area contributed by atoms with Crippen LogP contribution in [0.25, 0.3) is 0 Å². The number of benzene rings is 2. The van der Waals surface area contributed by atoms with Crippen molar-refractivity contribution in [3.05, 3.63) is 63.2 Å². The standard InChI is InChI=1S/C16H18INO/c1-19-13-9-6-12(7-10-13)8-11-16(18)14-4-2-3-5-15(14)17/h2-7,9-10,16H,8,11,18H2,1H3. The Kier molecular flexibility index (Phi) is 5.22. The highest BCUT2D eigenvalue weighted by Crippen LogP contribution is 2.22. The molecule has 0 saturated heterocycles. The minimum absolute atomic E-state index is 0.0928. The van der Waals surface area contributed by atoms with Gasteiger partial charge in [0.2, 0.25) is 0 Å². The van der Waals surface area contributed by atoms with E-state index < -0.39 is 0 Å². The Hall–Kier alpha value is -1.07. The largest absolute Gasteiger partial charge is 0.497 e. The highest BCUT2D eigenvalue weighted by molar-refractivity contribution is 14.1. The van der Waals surface area contributed by atoms with Crippen molar-refractivity contribution in [3.8, 4) is 5.75 Å². The predicted molar refractivity (Wildman–Crippen MR) is 87.4 cm³/mol. The number of aryl methyl sites for hydroxylation is 1. The van der Waals surface area contributed by atoms with Gasteiger partial charge < -0.3 is 10.5 Å². The summed E-state index contributed by atoms with van der Waals surface area (Å²) in [5, 5.41) is 0. The Morgan fingerprint density at radius 1 is 1.11 bits per heavy atom. The summed E-state index contributed by atoms with van der Waals surface area (Å²) in [5.41, 5.74) is 8.80. The van der Waals surface area contributed by atoms with Crippen LogP contribution in [0.15, 0.2) is 48.5 Å². The lowest BCUT2D eigenvalue weighted by Crippen LogP contribution is -2.12. The molecule has 2 aromatic carbocycles. The molecule has 0 aliphatic rings. The molecule has 0 saturated carbocycles. The smallest absolute Gasteiger partial charge is 0.118 e. The summed E-state index contributed by atoms with van der Waals surface area (Å²) >= 11 is 2.34. The Morgan fingerprint density at radius 3 is 2.42 bits per heavy atom. The number of nitrogens with two attached hydrogens (primary N) is 1. The number of hydrogen-bond donors (Lipinski definition) is 1. The van der Waals surface area contributed by atoms with E-state index in [0.29, 0.717) is 0 Å². The quantitative estimate of drug-likeness (QED) is 0.813. The van der Waals surface area contributed by atoms with Crippen molar-refractivity contribution in [1.82, 2.24) is 0 Å². The van der Waals surface area contributed by atoms with Crippen molar-refractivity contribution in [2.45, 2.75) is 18.9 Å². The van der Waals surface area contributed by atoms with Crippen molar-refractivity contribution in [1.29, 1.82) is 0 Å². The molecule has 0 fully saturated rings. The van der Waals surface area contributed by atoms with Crippen LogP contribution >= 0.6 is 22.6 Å². The van der Waals surface area contributed by atoms with E-state index >= 15 is 0 Å². The Balaban J connectivity index is 1.96. The SMILES string of the molecule is COc1ccc(CCC(N)c2ccccc2I)cc1. The Labute approximate surface area is 128 Å². The summed E-state index contributed by atoms with van der Waals surface area (Å²) < 4.78 is 6.39. The molecule has 1 atom stereocenters. The van der Waals surface area contributed by atoms with Gasteiger partial charge in [-0.1, -0.05) is 30.3 Å². The lowest BCUT2D eigenvalue weighted by Gasteiger charge is -2.14. The molecule has 0 aliphatic heterocycles. The van der Waals surface area contributed by atoms with E-state index in [4.69, 9.17) is 10.5 Å². The van der Waals surface area contributed by atoms with Crippen LogP contribution in [0, 0.1) is 3.57 Å². The van der Waals surface area contributed by atoms with Gasteiger partial charge in [0, 0.05) is 9.61 Å². The predicted octanol–water partition coefficient (Wildman–Crippen LogP) is 3.93. The first kappa shape index (κ1) is 14.3. The number of rotatable bonds is 5. The van der Waals surface area contributed by atoms with E-state index in [1.54, 1.807) is 7.11 Å². The van der Waals surface area contributed by atoms with Crippen LogP contribution in [-0.2, 0) is 6.42 Å². The first-order chi connectivity index (χ1) is 9.20. The molecular formula is C16H18INO. The molecule has 0 radical (unpaired) electrons. The van der Waals surface area contributed by atoms with Crippen LogP contribution in [-0.4, -0.2) is 7.11 Å². The molecule has 0 spiro atoms. The van der Waals surface area contributed by atoms with Gasteiger partial charge in [-0.05, 0) is 64.8 Å². The molecular weight excluding hydrogens is 349 g/mol.